The Kier molecular flexibility index (Phi) is 4.06. The molecule has 1 amide bonds. The van der Waals surface area contributed by atoms with Crippen molar-refractivity contribution in [2.45, 2.75) is 11.8 Å². The summed E-state index contributed by atoms with van der Waals surface area (Å²) in [7, 11) is -3.60. The first-order valence-electron chi connectivity index (χ1n) is 6.21. The number of carbonyl (C=O) groups is 1. The van der Waals surface area contributed by atoms with Crippen molar-refractivity contribution in [2.75, 3.05) is 26.2 Å². The Balaban J connectivity index is 2.20. The number of amides is 1. The molecule has 106 valence electrons. The summed E-state index contributed by atoms with van der Waals surface area (Å²) in [4.78, 5) is 13.0. The number of rotatable bonds is 2. The normalized spacial score (nSPS) is 16.7. The molecule has 7 heteroatoms. The molecule has 0 radical (unpaired) electrons. The molecule has 0 spiro atoms. The second-order valence-electron chi connectivity index (χ2n) is 4.55. The van der Waals surface area contributed by atoms with E-state index >= 15 is 0 Å². The molecule has 1 aromatic rings. The highest BCUT2D eigenvalue weighted by Gasteiger charge is 2.29. The molecule has 1 aliphatic rings. The lowest BCUT2D eigenvalue weighted by Crippen LogP contribution is -2.49. The number of hydrogen-bond donors (Lipinski definition) is 0. The molecule has 2 rings (SSSR count). The van der Waals surface area contributed by atoms with Crippen molar-refractivity contribution in [3.8, 4) is 6.07 Å². The number of piperazine rings is 1. The van der Waals surface area contributed by atoms with Crippen LogP contribution in [0.25, 0.3) is 0 Å². The molecular formula is C13H15N3O3S. The number of nitriles is 1. The van der Waals surface area contributed by atoms with Gasteiger partial charge in [-0.25, -0.2) is 8.42 Å². The van der Waals surface area contributed by atoms with Gasteiger partial charge in [-0.15, -0.1) is 0 Å². The van der Waals surface area contributed by atoms with Gasteiger partial charge in [0.15, 0.2) is 0 Å². The molecule has 1 saturated heterocycles. The van der Waals surface area contributed by atoms with Crippen molar-refractivity contribution in [1.82, 2.24) is 9.21 Å². The van der Waals surface area contributed by atoms with Crippen LogP contribution in [0.3, 0.4) is 0 Å². The van der Waals surface area contributed by atoms with Gasteiger partial charge in [-0.1, -0.05) is 6.07 Å². The van der Waals surface area contributed by atoms with Crippen molar-refractivity contribution in [3.05, 3.63) is 29.8 Å². The molecule has 20 heavy (non-hydrogen) atoms. The molecule has 1 aliphatic heterocycles. The van der Waals surface area contributed by atoms with E-state index in [4.69, 9.17) is 5.26 Å². The summed E-state index contributed by atoms with van der Waals surface area (Å²) in [6, 6.07) is 7.89. The first kappa shape index (κ1) is 14.5. The van der Waals surface area contributed by atoms with E-state index in [1.54, 1.807) is 17.0 Å². The third kappa shape index (κ3) is 2.81. The Labute approximate surface area is 118 Å². The summed E-state index contributed by atoms with van der Waals surface area (Å²) >= 11 is 0. The van der Waals surface area contributed by atoms with Gasteiger partial charge in [-0.2, -0.15) is 9.57 Å². The maximum Gasteiger partial charge on any atom is 0.243 e. The lowest BCUT2D eigenvalue weighted by Gasteiger charge is -2.33. The Hall–Kier alpha value is -1.91. The summed E-state index contributed by atoms with van der Waals surface area (Å²) in [5.74, 6) is -0.0477. The van der Waals surface area contributed by atoms with Gasteiger partial charge in [0.25, 0.3) is 0 Å². The standard InChI is InChI=1S/C13H15N3O3S/c1-11(17)15-5-7-16(8-6-15)20(18,19)13-4-2-3-12(9-13)10-14/h2-4,9H,5-8H2,1H3. The van der Waals surface area contributed by atoms with E-state index in [1.165, 1.54) is 23.4 Å². The maximum absolute atomic E-state index is 12.4. The number of nitrogens with zero attached hydrogens (tertiary/aromatic N) is 3. The molecule has 0 unspecified atom stereocenters. The van der Waals surface area contributed by atoms with E-state index in [9.17, 15) is 13.2 Å². The fourth-order valence-electron chi connectivity index (χ4n) is 2.12. The van der Waals surface area contributed by atoms with Gasteiger partial charge in [0.1, 0.15) is 0 Å². The average molecular weight is 293 g/mol. The van der Waals surface area contributed by atoms with E-state index in [0.717, 1.165) is 0 Å². The Morgan fingerprint density at radius 3 is 2.45 bits per heavy atom. The third-order valence-electron chi connectivity index (χ3n) is 3.28. The minimum Gasteiger partial charge on any atom is -0.340 e. The molecule has 0 aromatic heterocycles. The predicted molar refractivity (Wildman–Crippen MR) is 72.2 cm³/mol. The van der Waals surface area contributed by atoms with E-state index in [0.29, 0.717) is 18.7 Å². The molecule has 0 aliphatic carbocycles. The van der Waals surface area contributed by atoms with Gasteiger partial charge >= 0.3 is 0 Å². The minimum absolute atomic E-state index is 0.0477. The van der Waals surface area contributed by atoms with Crippen molar-refractivity contribution >= 4 is 15.9 Å². The van der Waals surface area contributed by atoms with Gasteiger partial charge in [0, 0.05) is 33.1 Å². The van der Waals surface area contributed by atoms with Gasteiger partial charge in [0.05, 0.1) is 16.5 Å². The van der Waals surface area contributed by atoms with E-state index in [1.807, 2.05) is 6.07 Å². The number of sulfonamides is 1. The third-order valence-corrected chi connectivity index (χ3v) is 5.18. The molecule has 1 aromatic carbocycles. The highest BCUT2D eigenvalue weighted by atomic mass is 32.2. The minimum atomic E-state index is -3.60. The summed E-state index contributed by atoms with van der Waals surface area (Å²) in [6.45, 7) is 2.82. The Bertz CT molecular complexity index is 656. The molecular weight excluding hydrogens is 278 g/mol. The average Bonchev–Trinajstić information content (AvgIpc) is 2.47. The zero-order valence-electron chi connectivity index (χ0n) is 11.1. The summed E-state index contributed by atoms with van der Waals surface area (Å²) in [5, 5.41) is 8.83. The van der Waals surface area contributed by atoms with Crippen LogP contribution in [0, 0.1) is 11.3 Å². The van der Waals surface area contributed by atoms with Crippen LogP contribution >= 0.6 is 0 Å². The number of hydrogen-bond acceptors (Lipinski definition) is 4. The SMILES string of the molecule is CC(=O)N1CCN(S(=O)(=O)c2cccc(C#N)c2)CC1. The fourth-order valence-corrected chi connectivity index (χ4v) is 3.59. The molecule has 6 nitrogen and oxygen atoms in total. The van der Waals surface area contributed by atoms with Crippen molar-refractivity contribution in [1.29, 1.82) is 5.26 Å². The van der Waals surface area contributed by atoms with Gasteiger partial charge < -0.3 is 4.90 Å². The van der Waals surface area contributed by atoms with Crippen LogP contribution in [-0.2, 0) is 14.8 Å². The number of benzene rings is 1. The maximum atomic E-state index is 12.4. The van der Waals surface area contributed by atoms with Crippen LogP contribution in [0.1, 0.15) is 12.5 Å². The van der Waals surface area contributed by atoms with E-state index in [2.05, 4.69) is 0 Å². The van der Waals surface area contributed by atoms with Crippen molar-refractivity contribution < 1.29 is 13.2 Å². The molecule has 0 atom stereocenters. The molecule has 1 fully saturated rings. The topological polar surface area (TPSA) is 81.5 Å². The largest absolute Gasteiger partial charge is 0.340 e. The smallest absolute Gasteiger partial charge is 0.243 e. The zero-order chi connectivity index (χ0) is 14.8. The Morgan fingerprint density at radius 1 is 1.25 bits per heavy atom. The first-order valence-corrected chi connectivity index (χ1v) is 7.65. The monoisotopic (exact) mass is 293 g/mol. The van der Waals surface area contributed by atoms with E-state index < -0.39 is 10.0 Å². The van der Waals surface area contributed by atoms with Gasteiger partial charge in [-0.3, -0.25) is 4.79 Å². The van der Waals surface area contributed by atoms with Crippen molar-refractivity contribution in [3.63, 3.8) is 0 Å². The van der Waals surface area contributed by atoms with Crippen LogP contribution in [0.4, 0.5) is 0 Å². The predicted octanol–water partition coefficient (Wildman–Crippen LogP) is 0.411. The van der Waals surface area contributed by atoms with Gasteiger partial charge in [0.2, 0.25) is 15.9 Å². The van der Waals surface area contributed by atoms with Crippen LogP contribution in [-0.4, -0.2) is 49.7 Å². The molecule has 0 bridgehead atoms. The molecule has 0 N–H and O–H groups in total. The Morgan fingerprint density at radius 2 is 1.90 bits per heavy atom. The highest BCUT2D eigenvalue weighted by molar-refractivity contribution is 7.89. The van der Waals surface area contributed by atoms with Crippen molar-refractivity contribution in [2.24, 2.45) is 0 Å². The zero-order valence-corrected chi connectivity index (χ0v) is 11.9. The van der Waals surface area contributed by atoms with Crippen LogP contribution < -0.4 is 0 Å². The molecule has 1 heterocycles. The second-order valence-corrected chi connectivity index (χ2v) is 6.49. The molecule has 0 saturated carbocycles. The summed E-state index contributed by atoms with van der Waals surface area (Å²) in [5.41, 5.74) is 0.313. The van der Waals surface area contributed by atoms with Crippen LogP contribution in [0.2, 0.25) is 0 Å². The lowest BCUT2D eigenvalue weighted by atomic mass is 10.2. The first-order chi connectivity index (χ1) is 9.45. The fraction of sp³-hybridized carbons (Fsp3) is 0.385. The highest BCUT2D eigenvalue weighted by Crippen LogP contribution is 2.18. The summed E-state index contributed by atoms with van der Waals surface area (Å²) in [6.07, 6.45) is 0. The lowest BCUT2D eigenvalue weighted by molar-refractivity contribution is -0.129. The second kappa shape index (κ2) is 5.61. The summed E-state index contributed by atoms with van der Waals surface area (Å²) < 4.78 is 26.2. The van der Waals surface area contributed by atoms with Gasteiger partial charge in [-0.05, 0) is 18.2 Å². The van der Waals surface area contributed by atoms with Crippen LogP contribution in [0.5, 0.6) is 0 Å². The number of carbonyl (C=O) groups excluding carboxylic acids is 1. The van der Waals surface area contributed by atoms with E-state index in [-0.39, 0.29) is 23.9 Å². The quantitative estimate of drug-likeness (QED) is 0.791. The van der Waals surface area contributed by atoms with Crippen LogP contribution in [0.15, 0.2) is 29.2 Å².